The van der Waals surface area contributed by atoms with Crippen molar-refractivity contribution < 1.29 is 9.59 Å². The average molecular weight is 375 g/mol. The van der Waals surface area contributed by atoms with E-state index in [1.807, 2.05) is 39.8 Å². The summed E-state index contributed by atoms with van der Waals surface area (Å²) in [7, 11) is 0. The van der Waals surface area contributed by atoms with Gasteiger partial charge in [-0.2, -0.15) is 0 Å². The summed E-state index contributed by atoms with van der Waals surface area (Å²) in [5.74, 6) is 0.130. The van der Waals surface area contributed by atoms with Crippen molar-refractivity contribution in [3.63, 3.8) is 0 Å². The molecule has 0 radical (unpaired) electrons. The number of rotatable bonds is 7. The Morgan fingerprint density at radius 3 is 2.38 bits per heavy atom. The molecular formula is C15H23BrN2O2S. The number of hydrogen-bond donors (Lipinski definition) is 2. The molecule has 0 spiro atoms. The monoisotopic (exact) mass is 374 g/mol. The van der Waals surface area contributed by atoms with Gasteiger partial charge in [-0.3, -0.25) is 9.59 Å². The summed E-state index contributed by atoms with van der Waals surface area (Å²) >= 11 is 4.98. The Labute approximate surface area is 138 Å². The molecule has 6 heteroatoms. The van der Waals surface area contributed by atoms with Crippen molar-refractivity contribution >= 4 is 39.1 Å². The third-order valence-corrected chi connectivity index (χ3v) is 4.55. The van der Waals surface area contributed by atoms with Crippen LogP contribution in [0.1, 0.15) is 39.0 Å². The first-order valence-corrected chi connectivity index (χ1v) is 8.71. The van der Waals surface area contributed by atoms with Gasteiger partial charge in [-0.05, 0) is 39.9 Å². The largest absolute Gasteiger partial charge is 0.349 e. The molecule has 2 N–H and O–H groups in total. The second-order valence-corrected chi connectivity index (χ2v) is 8.36. The fraction of sp³-hybridized carbons (Fsp3) is 0.600. The van der Waals surface area contributed by atoms with Gasteiger partial charge in [0, 0.05) is 11.3 Å². The lowest BCUT2D eigenvalue weighted by molar-refractivity contribution is -0.130. The van der Waals surface area contributed by atoms with Crippen molar-refractivity contribution in [2.45, 2.75) is 46.7 Å². The van der Waals surface area contributed by atoms with Gasteiger partial charge in [0.25, 0.3) is 0 Å². The smallest absolute Gasteiger partial charge is 0.243 e. The van der Waals surface area contributed by atoms with Gasteiger partial charge in [0.05, 0.1) is 10.3 Å². The summed E-state index contributed by atoms with van der Waals surface area (Å²) in [4.78, 5) is 25.2. The molecule has 4 nitrogen and oxygen atoms in total. The van der Waals surface area contributed by atoms with Crippen molar-refractivity contribution in [1.29, 1.82) is 0 Å². The van der Waals surface area contributed by atoms with Crippen LogP contribution in [0.3, 0.4) is 0 Å². The lowest BCUT2D eigenvalue weighted by Gasteiger charge is -2.22. The van der Waals surface area contributed by atoms with Crippen LogP contribution in [-0.2, 0) is 16.1 Å². The zero-order chi connectivity index (χ0) is 16.0. The molecule has 21 heavy (non-hydrogen) atoms. The van der Waals surface area contributed by atoms with Crippen LogP contribution in [0.25, 0.3) is 0 Å². The van der Waals surface area contributed by atoms with Crippen molar-refractivity contribution in [2.24, 2.45) is 11.8 Å². The maximum Gasteiger partial charge on any atom is 0.243 e. The molecule has 1 aromatic rings. The highest BCUT2D eigenvalue weighted by molar-refractivity contribution is 9.11. The summed E-state index contributed by atoms with van der Waals surface area (Å²) in [5, 5.41) is 5.72. The standard InChI is InChI=1S/C15H23BrN2O2S/c1-9(2)7-13(19)18-14(10(3)4)15(20)17-8-11-5-6-12(16)21-11/h5-6,9-10,14H,7-8H2,1-4H3,(H,17,20)(H,18,19). The minimum atomic E-state index is -0.486. The van der Waals surface area contributed by atoms with Crippen LogP contribution in [0.4, 0.5) is 0 Å². The molecule has 0 saturated carbocycles. The quantitative estimate of drug-likeness (QED) is 0.768. The first-order chi connectivity index (χ1) is 9.79. The SMILES string of the molecule is CC(C)CC(=O)NC(C(=O)NCc1ccc(Br)s1)C(C)C. The maximum atomic E-state index is 12.3. The van der Waals surface area contributed by atoms with E-state index in [0.717, 1.165) is 8.66 Å². The van der Waals surface area contributed by atoms with Crippen molar-refractivity contribution in [2.75, 3.05) is 0 Å². The van der Waals surface area contributed by atoms with E-state index in [4.69, 9.17) is 0 Å². The van der Waals surface area contributed by atoms with Crippen molar-refractivity contribution in [3.8, 4) is 0 Å². The number of carbonyl (C=O) groups excluding carboxylic acids is 2. The lowest BCUT2D eigenvalue weighted by atomic mass is 10.0. The van der Waals surface area contributed by atoms with E-state index >= 15 is 0 Å². The number of hydrogen-bond acceptors (Lipinski definition) is 3. The molecule has 1 aromatic heterocycles. The molecule has 1 atom stereocenters. The molecule has 0 aliphatic carbocycles. The summed E-state index contributed by atoms with van der Waals surface area (Å²) < 4.78 is 1.04. The van der Waals surface area contributed by atoms with E-state index < -0.39 is 6.04 Å². The molecule has 0 aliphatic heterocycles. The average Bonchev–Trinajstić information content (AvgIpc) is 2.77. The van der Waals surface area contributed by atoms with E-state index in [1.165, 1.54) is 0 Å². The molecule has 0 aliphatic rings. The molecular weight excluding hydrogens is 352 g/mol. The first kappa shape index (κ1) is 18.2. The van der Waals surface area contributed by atoms with E-state index in [1.54, 1.807) is 11.3 Å². The van der Waals surface area contributed by atoms with E-state index in [2.05, 4.69) is 26.6 Å². The third kappa shape index (κ3) is 6.61. The van der Waals surface area contributed by atoms with Gasteiger partial charge >= 0.3 is 0 Å². The molecule has 0 fully saturated rings. The molecule has 2 amide bonds. The highest BCUT2D eigenvalue weighted by atomic mass is 79.9. The predicted octanol–water partition coefficient (Wildman–Crippen LogP) is 3.31. The fourth-order valence-electron chi connectivity index (χ4n) is 1.87. The Morgan fingerprint density at radius 1 is 1.24 bits per heavy atom. The fourth-order valence-corrected chi connectivity index (χ4v) is 3.29. The zero-order valence-corrected chi connectivity index (χ0v) is 15.3. The van der Waals surface area contributed by atoms with Crippen LogP contribution in [0.15, 0.2) is 15.9 Å². The molecule has 118 valence electrons. The van der Waals surface area contributed by atoms with Crippen LogP contribution in [0.5, 0.6) is 0 Å². The molecule has 1 unspecified atom stereocenters. The van der Waals surface area contributed by atoms with Crippen LogP contribution in [0, 0.1) is 11.8 Å². The van der Waals surface area contributed by atoms with Crippen molar-refractivity contribution in [3.05, 3.63) is 20.8 Å². The second-order valence-electron chi connectivity index (χ2n) is 5.81. The van der Waals surface area contributed by atoms with Gasteiger partial charge in [0.1, 0.15) is 6.04 Å². The Balaban J connectivity index is 2.54. The Hall–Kier alpha value is -0.880. The van der Waals surface area contributed by atoms with Crippen LogP contribution in [0.2, 0.25) is 0 Å². The topological polar surface area (TPSA) is 58.2 Å². The highest BCUT2D eigenvalue weighted by Crippen LogP contribution is 2.21. The Kier molecular flexibility index (Phi) is 7.39. The van der Waals surface area contributed by atoms with Crippen molar-refractivity contribution in [1.82, 2.24) is 10.6 Å². The summed E-state index contributed by atoms with van der Waals surface area (Å²) in [6.07, 6.45) is 0.439. The number of carbonyl (C=O) groups is 2. The van der Waals surface area contributed by atoms with Gasteiger partial charge in [0.15, 0.2) is 0 Å². The zero-order valence-electron chi connectivity index (χ0n) is 12.9. The van der Waals surface area contributed by atoms with Gasteiger partial charge in [-0.25, -0.2) is 0 Å². The van der Waals surface area contributed by atoms with E-state index in [9.17, 15) is 9.59 Å². The lowest BCUT2D eigenvalue weighted by Crippen LogP contribution is -2.49. The summed E-state index contributed by atoms with van der Waals surface area (Å²) in [6, 6.07) is 3.44. The summed E-state index contributed by atoms with van der Waals surface area (Å²) in [6.45, 7) is 8.32. The first-order valence-electron chi connectivity index (χ1n) is 7.11. The molecule has 0 bridgehead atoms. The van der Waals surface area contributed by atoms with Gasteiger partial charge in [-0.15, -0.1) is 11.3 Å². The molecule has 1 heterocycles. The Bertz CT molecular complexity index is 486. The molecule has 1 rings (SSSR count). The summed E-state index contributed by atoms with van der Waals surface area (Å²) in [5.41, 5.74) is 0. The van der Waals surface area contributed by atoms with Crippen LogP contribution < -0.4 is 10.6 Å². The third-order valence-electron chi connectivity index (χ3n) is 2.92. The van der Waals surface area contributed by atoms with Gasteiger partial charge in [0.2, 0.25) is 11.8 Å². The van der Waals surface area contributed by atoms with E-state index in [0.29, 0.717) is 13.0 Å². The number of amides is 2. The van der Waals surface area contributed by atoms with Crippen LogP contribution in [-0.4, -0.2) is 17.9 Å². The number of halogens is 1. The minimum absolute atomic E-state index is 0.0520. The number of nitrogens with one attached hydrogen (secondary N) is 2. The molecule has 0 saturated heterocycles. The van der Waals surface area contributed by atoms with Gasteiger partial charge in [-0.1, -0.05) is 27.7 Å². The van der Waals surface area contributed by atoms with E-state index in [-0.39, 0.29) is 23.7 Å². The number of thiophene rings is 1. The maximum absolute atomic E-state index is 12.3. The van der Waals surface area contributed by atoms with Crippen LogP contribution >= 0.6 is 27.3 Å². The Morgan fingerprint density at radius 2 is 1.90 bits per heavy atom. The predicted molar refractivity (Wildman–Crippen MR) is 90.1 cm³/mol. The molecule has 0 aromatic carbocycles. The van der Waals surface area contributed by atoms with Gasteiger partial charge < -0.3 is 10.6 Å². The second kappa shape index (κ2) is 8.54. The normalized spacial score (nSPS) is 12.5. The highest BCUT2D eigenvalue weighted by Gasteiger charge is 2.24. The minimum Gasteiger partial charge on any atom is -0.349 e.